The predicted molar refractivity (Wildman–Crippen MR) is 57.3 cm³/mol. The Labute approximate surface area is 87.5 Å². The van der Waals surface area contributed by atoms with E-state index < -0.39 is 5.91 Å². The van der Waals surface area contributed by atoms with Crippen molar-refractivity contribution < 1.29 is 4.79 Å². The van der Waals surface area contributed by atoms with Gasteiger partial charge in [-0.15, -0.1) is 0 Å². The number of aliphatic imine (C=N–C) groups is 1. The monoisotopic (exact) mass is 201 g/mol. The van der Waals surface area contributed by atoms with Crippen LogP contribution in [-0.4, -0.2) is 16.6 Å². The highest BCUT2D eigenvalue weighted by Crippen LogP contribution is 2.14. The molecule has 1 aliphatic rings. The number of aromatic nitrogens is 1. The Kier molecular flexibility index (Phi) is 2.58. The molecule has 0 unspecified atom stereocenters. The minimum atomic E-state index is -0.483. The molecule has 0 bridgehead atoms. The average Bonchev–Trinajstić information content (AvgIpc) is 2.30. The van der Waals surface area contributed by atoms with Crippen LogP contribution in [0.2, 0.25) is 0 Å². The van der Waals surface area contributed by atoms with E-state index in [2.05, 4.69) is 9.98 Å². The molecule has 0 atom stereocenters. The molecule has 15 heavy (non-hydrogen) atoms. The second-order valence-electron chi connectivity index (χ2n) is 3.27. The molecular formula is C11H11N3O. The van der Waals surface area contributed by atoms with Crippen LogP contribution in [0.1, 0.15) is 18.5 Å². The number of hydrogen-bond donors (Lipinski definition) is 1. The second-order valence-corrected chi connectivity index (χ2v) is 3.27. The van der Waals surface area contributed by atoms with E-state index in [4.69, 9.17) is 5.73 Å². The van der Waals surface area contributed by atoms with Gasteiger partial charge in [-0.05, 0) is 25.0 Å². The molecule has 0 saturated carbocycles. The summed E-state index contributed by atoms with van der Waals surface area (Å²) in [6.07, 6.45) is 5.05. The fraction of sp³-hybridized carbons (Fsp3) is 0.182. The number of allylic oxidation sites excluding steroid dienone is 1. The van der Waals surface area contributed by atoms with E-state index in [0.717, 1.165) is 24.2 Å². The molecule has 0 radical (unpaired) electrons. The Bertz CT molecular complexity index is 434. The highest BCUT2D eigenvalue weighted by molar-refractivity contribution is 6.04. The zero-order valence-electron chi connectivity index (χ0n) is 8.18. The average molecular weight is 201 g/mol. The van der Waals surface area contributed by atoms with E-state index in [9.17, 15) is 4.79 Å². The van der Waals surface area contributed by atoms with Gasteiger partial charge >= 0.3 is 0 Å². The normalized spacial score (nSPS) is 15.5. The van der Waals surface area contributed by atoms with Crippen LogP contribution < -0.4 is 5.73 Å². The van der Waals surface area contributed by atoms with E-state index in [1.807, 2.05) is 18.2 Å². The summed E-state index contributed by atoms with van der Waals surface area (Å²) in [5, 5.41) is 0. The van der Waals surface area contributed by atoms with E-state index in [0.29, 0.717) is 5.70 Å². The first-order chi connectivity index (χ1) is 7.27. The molecule has 76 valence electrons. The maximum absolute atomic E-state index is 11.0. The van der Waals surface area contributed by atoms with Gasteiger partial charge < -0.3 is 5.73 Å². The third-order valence-electron chi connectivity index (χ3n) is 2.19. The third-order valence-corrected chi connectivity index (χ3v) is 2.19. The van der Waals surface area contributed by atoms with Gasteiger partial charge in [-0.1, -0.05) is 12.1 Å². The summed E-state index contributed by atoms with van der Waals surface area (Å²) >= 11 is 0. The number of pyridine rings is 1. The molecule has 1 aromatic heterocycles. The SMILES string of the molecule is NC(=O)C1=CCCC(c2ccccn2)=N1. The molecule has 1 aliphatic heterocycles. The van der Waals surface area contributed by atoms with Crippen molar-refractivity contribution in [3.63, 3.8) is 0 Å². The van der Waals surface area contributed by atoms with Crippen LogP contribution >= 0.6 is 0 Å². The Morgan fingerprint density at radius 2 is 2.27 bits per heavy atom. The van der Waals surface area contributed by atoms with Gasteiger partial charge in [-0.3, -0.25) is 9.78 Å². The van der Waals surface area contributed by atoms with E-state index >= 15 is 0 Å². The fourth-order valence-corrected chi connectivity index (χ4v) is 1.47. The molecule has 0 aromatic carbocycles. The predicted octanol–water partition coefficient (Wildman–Crippen LogP) is 1.03. The lowest BCUT2D eigenvalue weighted by Crippen LogP contribution is -2.17. The van der Waals surface area contributed by atoms with Gasteiger partial charge in [0.1, 0.15) is 5.70 Å². The second kappa shape index (κ2) is 4.04. The van der Waals surface area contributed by atoms with Crippen molar-refractivity contribution in [2.75, 3.05) is 0 Å². The van der Waals surface area contributed by atoms with Gasteiger partial charge in [-0.25, -0.2) is 4.99 Å². The van der Waals surface area contributed by atoms with Crippen molar-refractivity contribution >= 4 is 11.6 Å². The molecule has 1 aromatic rings. The Morgan fingerprint density at radius 1 is 1.40 bits per heavy atom. The van der Waals surface area contributed by atoms with Crippen molar-refractivity contribution in [2.24, 2.45) is 10.7 Å². The smallest absolute Gasteiger partial charge is 0.266 e. The van der Waals surface area contributed by atoms with Crippen LogP contribution in [0.25, 0.3) is 0 Å². The molecule has 4 heteroatoms. The van der Waals surface area contributed by atoms with Gasteiger partial charge in [0.15, 0.2) is 0 Å². The van der Waals surface area contributed by atoms with Gasteiger partial charge in [0.2, 0.25) is 0 Å². The summed E-state index contributed by atoms with van der Waals surface area (Å²) in [5.74, 6) is -0.483. The molecule has 0 aliphatic carbocycles. The lowest BCUT2D eigenvalue weighted by atomic mass is 10.1. The van der Waals surface area contributed by atoms with Gasteiger partial charge in [-0.2, -0.15) is 0 Å². The topological polar surface area (TPSA) is 68.3 Å². The van der Waals surface area contributed by atoms with E-state index in [1.54, 1.807) is 12.3 Å². The van der Waals surface area contributed by atoms with E-state index in [-0.39, 0.29) is 0 Å². The van der Waals surface area contributed by atoms with Crippen LogP contribution in [0.15, 0.2) is 41.2 Å². The van der Waals surface area contributed by atoms with Crippen molar-refractivity contribution in [2.45, 2.75) is 12.8 Å². The number of hydrogen-bond acceptors (Lipinski definition) is 3. The first kappa shape index (κ1) is 9.58. The Hall–Kier alpha value is -1.97. The maximum atomic E-state index is 11.0. The maximum Gasteiger partial charge on any atom is 0.266 e. The molecule has 0 saturated heterocycles. The van der Waals surface area contributed by atoms with E-state index in [1.165, 1.54) is 0 Å². The highest BCUT2D eigenvalue weighted by atomic mass is 16.1. The molecule has 2 rings (SSSR count). The van der Waals surface area contributed by atoms with Crippen molar-refractivity contribution in [1.82, 2.24) is 4.98 Å². The zero-order chi connectivity index (χ0) is 10.7. The number of nitrogens with zero attached hydrogens (tertiary/aromatic N) is 2. The minimum Gasteiger partial charge on any atom is -0.364 e. The Balaban J connectivity index is 2.32. The summed E-state index contributed by atoms with van der Waals surface area (Å²) < 4.78 is 0. The van der Waals surface area contributed by atoms with Crippen molar-refractivity contribution in [3.05, 3.63) is 41.9 Å². The zero-order valence-corrected chi connectivity index (χ0v) is 8.18. The summed E-state index contributed by atoms with van der Waals surface area (Å²) in [4.78, 5) is 19.3. The number of nitrogens with two attached hydrogens (primary N) is 1. The molecule has 4 nitrogen and oxygen atoms in total. The fourth-order valence-electron chi connectivity index (χ4n) is 1.47. The molecular weight excluding hydrogens is 190 g/mol. The third kappa shape index (κ3) is 2.10. The summed E-state index contributed by atoms with van der Waals surface area (Å²) in [7, 11) is 0. The first-order valence-electron chi connectivity index (χ1n) is 4.76. The lowest BCUT2D eigenvalue weighted by molar-refractivity contribution is -0.114. The summed E-state index contributed by atoms with van der Waals surface area (Å²) in [5.41, 5.74) is 7.14. The largest absolute Gasteiger partial charge is 0.364 e. The molecule has 0 fully saturated rings. The number of carbonyl (C=O) groups excluding carboxylic acids is 1. The van der Waals surface area contributed by atoms with Crippen LogP contribution in [0, 0.1) is 0 Å². The van der Waals surface area contributed by atoms with Crippen LogP contribution in [0.5, 0.6) is 0 Å². The van der Waals surface area contributed by atoms with Gasteiger partial charge in [0, 0.05) is 6.20 Å². The molecule has 2 heterocycles. The standard InChI is InChI=1S/C11H11N3O/c12-11(15)10-6-3-5-9(14-10)8-4-1-2-7-13-8/h1-2,4,6-7H,3,5H2,(H2,12,15). The quantitative estimate of drug-likeness (QED) is 0.776. The van der Waals surface area contributed by atoms with Gasteiger partial charge in [0.05, 0.1) is 11.4 Å². The molecule has 0 spiro atoms. The lowest BCUT2D eigenvalue weighted by Gasteiger charge is -2.09. The first-order valence-corrected chi connectivity index (χ1v) is 4.76. The van der Waals surface area contributed by atoms with Crippen molar-refractivity contribution in [1.29, 1.82) is 0 Å². The Morgan fingerprint density at radius 3 is 2.93 bits per heavy atom. The van der Waals surface area contributed by atoms with Crippen molar-refractivity contribution in [3.8, 4) is 0 Å². The number of amides is 1. The number of primary amides is 1. The summed E-state index contributed by atoms with van der Waals surface area (Å²) in [6, 6.07) is 5.62. The highest BCUT2D eigenvalue weighted by Gasteiger charge is 2.12. The molecule has 2 N–H and O–H groups in total. The number of rotatable bonds is 2. The van der Waals surface area contributed by atoms with Crippen LogP contribution in [-0.2, 0) is 4.79 Å². The van der Waals surface area contributed by atoms with Gasteiger partial charge in [0.25, 0.3) is 5.91 Å². The summed E-state index contributed by atoms with van der Waals surface area (Å²) in [6.45, 7) is 0. The molecule has 1 amide bonds. The minimum absolute atomic E-state index is 0.335. The van der Waals surface area contributed by atoms with Crippen LogP contribution in [0.3, 0.4) is 0 Å². The number of carbonyl (C=O) groups is 1. The van der Waals surface area contributed by atoms with Crippen LogP contribution in [0.4, 0.5) is 0 Å².